The van der Waals surface area contributed by atoms with Gasteiger partial charge in [-0.2, -0.15) is 22.9 Å². The molecule has 0 aliphatic rings. The Morgan fingerprint density at radius 3 is 2.14 bits per heavy atom. The molecule has 11 aromatic rings. The number of hydrogen-bond donors (Lipinski definition) is 0. The third-order valence-corrected chi connectivity index (χ3v) is 11.9. The molecule has 0 aliphatic carbocycles. The first kappa shape index (κ1) is 28.5. The number of pyridine rings is 2. The Labute approximate surface area is 294 Å². The molecule has 1 atom stereocenters. The molecule has 7 heterocycles. The van der Waals surface area contributed by atoms with E-state index in [-0.39, 0.29) is 19.5 Å². The van der Waals surface area contributed by atoms with Crippen LogP contribution in [-0.4, -0.2) is 28.5 Å². The van der Waals surface area contributed by atoms with Gasteiger partial charge in [0.05, 0.1) is 16.3 Å². The molecular weight excluding hydrogens is 673 g/mol. The summed E-state index contributed by atoms with van der Waals surface area (Å²) < 4.78 is 8.80. The SMILES string of the molecule is Cn1c(-p2ccc3ccc(-n4c5ccccc5c5cc6c7ccccc7n(-n7[c-]cc8ccccc87)c6nc54)nc32)[c-]c2ccccc21.[Zn+2]. The average molecular weight is 698 g/mol. The summed E-state index contributed by atoms with van der Waals surface area (Å²) in [6.45, 7) is 0. The minimum atomic E-state index is -0.821. The van der Waals surface area contributed by atoms with E-state index >= 15 is 0 Å². The first-order valence-electron chi connectivity index (χ1n) is 16.0. The van der Waals surface area contributed by atoms with Crippen LogP contribution in [-0.2, 0) is 26.5 Å². The summed E-state index contributed by atoms with van der Waals surface area (Å²) >= 11 is 0. The number of aryl methyl sites for hydroxylation is 1. The maximum atomic E-state index is 5.53. The van der Waals surface area contributed by atoms with E-state index in [2.05, 4.69) is 165 Å². The number of hydrogen-bond acceptors (Lipinski definition) is 2. The predicted octanol–water partition coefficient (Wildman–Crippen LogP) is 10.2. The van der Waals surface area contributed by atoms with Crippen molar-refractivity contribution in [1.29, 1.82) is 0 Å². The molecule has 0 spiro atoms. The molecular formula is C41H25N6PZn. The molecule has 49 heavy (non-hydrogen) atoms. The minimum absolute atomic E-state index is 0. The summed E-state index contributed by atoms with van der Waals surface area (Å²) in [6.07, 6.45) is 3.49. The largest absolute Gasteiger partial charge is 2.00 e. The standard InChI is InChI=1S/C41H25N6P.Zn/c1-44-33-14-6-3-11-28(33)24-38(44)48-23-21-27-18-19-37(42-41(27)48)46-35-16-8-4-12-29(35)31-25-32-30-13-5-9-17-36(30)47(40(32)43-39(31)46)45-22-20-26-10-2-7-15-34(26)45;/h2-21,23,25H,1H3;/q-2;+2. The number of para-hydroxylation sites is 4. The minimum Gasteiger partial charge on any atom is -0.404 e. The summed E-state index contributed by atoms with van der Waals surface area (Å²) in [4.78, 5) is 11.0. The van der Waals surface area contributed by atoms with E-state index < -0.39 is 7.53 Å². The van der Waals surface area contributed by atoms with Gasteiger partial charge in [-0.25, -0.2) is 9.97 Å². The van der Waals surface area contributed by atoms with Crippen molar-refractivity contribution >= 4 is 83.8 Å². The number of fused-ring (bicyclic) bond motifs is 9. The van der Waals surface area contributed by atoms with Crippen molar-refractivity contribution in [3.63, 3.8) is 0 Å². The molecule has 0 amide bonds. The maximum Gasteiger partial charge on any atom is 2.00 e. The number of aromatic nitrogens is 6. The van der Waals surface area contributed by atoms with E-state index in [1.54, 1.807) is 0 Å². The van der Waals surface area contributed by atoms with Crippen LogP contribution in [0.25, 0.3) is 87.6 Å². The molecule has 7 aromatic heterocycles. The Morgan fingerprint density at radius 2 is 1.31 bits per heavy atom. The molecule has 226 valence electrons. The van der Waals surface area contributed by atoms with Crippen LogP contribution < -0.4 is 0 Å². The van der Waals surface area contributed by atoms with Gasteiger partial charge < -0.3 is 9.24 Å². The molecule has 1 unspecified atom stereocenters. The number of nitrogens with zero attached hydrogens (tertiary/aromatic N) is 6. The summed E-state index contributed by atoms with van der Waals surface area (Å²) in [5.41, 5.74) is 7.36. The fourth-order valence-electron chi connectivity index (χ4n) is 7.54. The second-order valence-electron chi connectivity index (χ2n) is 12.3. The van der Waals surface area contributed by atoms with Crippen LogP contribution in [0.3, 0.4) is 0 Å². The summed E-state index contributed by atoms with van der Waals surface area (Å²) in [5.74, 6) is 3.17. The third kappa shape index (κ3) is 3.92. The van der Waals surface area contributed by atoms with Crippen LogP contribution >= 0.6 is 7.53 Å². The molecule has 0 saturated heterocycles. The number of benzene rings is 4. The smallest absolute Gasteiger partial charge is 0.404 e. The molecule has 0 saturated carbocycles. The Bertz CT molecular complexity index is 3100. The van der Waals surface area contributed by atoms with Crippen molar-refractivity contribution in [2.75, 3.05) is 0 Å². The van der Waals surface area contributed by atoms with Crippen molar-refractivity contribution in [3.8, 4) is 11.3 Å². The first-order chi connectivity index (χ1) is 23.7. The monoisotopic (exact) mass is 696 g/mol. The summed E-state index contributed by atoms with van der Waals surface area (Å²) in [5, 5.41) is 9.04. The van der Waals surface area contributed by atoms with Crippen molar-refractivity contribution in [2.24, 2.45) is 7.05 Å². The molecule has 8 heteroatoms. The van der Waals surface area contributed by atoms with Crippen molar-refractivity contribution in [1.82, 2.24) is 28.5 Å². The summed E-state index contributed by atoms with van der Waals surface area (Å²) in [6, 6.07) is 48.6. The van der Waals surface area contributed by atoms with Crippen molar-refractivity contribution in [3.05, 3.63) is 145 Å². The van der Waals surface area contributed by atoms with Crippen LogP contribution in [0, 0.1) is 12.3 Å². The topological polar surface area (TPSA) is 45.5 Å². The van der Waals surface area contributed by atoms with Gasteiger partial charge in [0.15, 0.2) is 5.65 Å². The van der Waals surface area contributed by atoms with Crippen LogP contribution in [0.4, 0.5) is 0 Å². The molecule has 0 bridgehead atoms. The molecule has 0 aliphatic heterocycles. The van der Waals surface area contributed by atoms with E-state index in [1.165, 1.54) is 11.0 Å². The molecule has 11 rings (SSSR count). The van der Waals surface area contributed by atoms with Gasteiger partial charge >= 0.3 is 19.5 Å². The number of rotatable bonds is 3. The zero-order valence-electron chi connectivity index (χ0n) is 26.5. The molecule has 0 N–H and O–H groups in total. The van der Waals surface area contributed by atoms with E-state index in [9.17, 15) is 0 Å². The third-order valence-electron chi connectivity index (χ3n) is 9.77. The Kier molecular flexibility index (Phi) is 6.12. The first-order valence-corrected chi connectivity index (χ1v) is 17.4. The Morgan fingerprint density at radius 1 is 0.612 bits per heavy atom. The fourth-order valence-corrected chi connectivity index (χ4v) is 9.64. The summed E-state index contributed by atoms with van der Waals surface area (Å²) in [7, 11) is 1.32. The molecule has 4 aromatic carbocycles. The normalized spacial score (nSPS) is 12.4. The van der Waals surface area contributed by atoms with Crippen LogP contribution in [0.5, 0.6) is 0 Å². The van der Waals surface area contributed by atoms with Gasteiger partial charge in [-0.3, -0.25) is 9.24 Å². The van der Waals surface area contributed by atoms with Gasteiger partial charge in [-0.15, -0.1) is 24.3 Å². The average Bonchev–Trinajstić information content (AvgIpc) is 3.94. The van der Waals surface area contributed by atoms with Gasteiger partial charge in [-0.1, -0.05) is 85.4 Å². The van der Waals surface area contributed by atoms with E-state index in [0.717, 1.165) is 76.6 Å². The van der Waals surface area contributed by atoms with Gasteiger partial charge in [-0.05, 0) is 54.7 Å². The second-order valence-corrected chi connectivity index (χ2v) is 14.2. The maximum absolute atomic E-state index is 5.53. The predicted molar refractivity (Wildman–Crippen MR) is 198 cm³/mol. The van der Waals surface area contributed by atoms with Crippen LogP contribution in [0.15, 0.2) is 133 Å². The molecule has 0 radical (unpaired) electrons. The Hall–Kier alpha value is -5.48. The molecule has 0 fully saturated rings. The van der Waals surface area contributed by atoms with Gasteiger partial charge in [0.1, 0.15) is 11.5 Å². The molecule has 6 nitrogen and oxygen atoms in total. The second kappa shape index (κ2) is 10.5. The zero-order chi connectivity index (χ0) is 31.5. The quantitative estimate of drug-likeness (QED) is 0.136. The van der Waals surface area contributed by atoms with Crippen LogP contribution in [0.1, 0.15) is 0 Å². The van der Waals surface area contributed by atoms with Gasteiger partial charge in [0, 0.05) is 26.9 Å². The van der Waals surface area contributed by atoms with E-state index in [1.807, 2.05) is 6.07 Å². The van der Waals surface area contributed by atoms with E-state index in [4.69, 9.17) is 9.97 Å². The Balaban J connectivity index is 0.00000306. The van der Waals surface area contributed by atoms with Crippen LogP contribution in [0.2, 0.25) is 0 Å². The van der Waals surface area contributed by atoms with Crippen molar-refractivity contribution < 1.29 is 19.5 Å². The van der Waals surface area contributed by atoms with Gasteiger partial charge in [0.2, 0.25) is 0 Å². The van der Waals surface area contributed by atoms with Crippen molar-refractivity contribution in [2.45, 2.75) is 0 Å². The fraction of sp³-hybridized carbons (Fsp3) is 0.0244. The van der Waals surface area contributed by atoms with Gasteiger partial charge in [0.25, 0.3) is 0 Å². The zero-order valence-corrected chi connectivity index (χ0v) is 30.4. The van der Waals surface area contributed by atoms with E-state index in [0.29, 0.717) is 0 Å².